The number of aromatic nitrogens is 1. The second-order valence-electron chi connectivity index (χ2n) is 14.6. The van der Waals surface area contributed by atoms with Crippen molar-refractivity contribution in [2.24, 2.45) is 4.99 Å². The predicted molar refractivity (Wildman–Crippen MR) is 229 cm³/mol. The van der Waals surface area contributed by atoms with Gasteiger partial charge in [-0.1, -0.05) is 176 Å². The summed E-state index contributed by atoms with van der Waals surface area (Å²) in [7, 11) is 0. The zero-order valence-corrected chi connectivity index (χ0v) is 30.1. The zero-order valence-electron chi connectivity index (χ0n) is 30.1. The van der Waals surface area contributed by atoms with Crippen LogP contribution in [0.4, 0.5) is 5.69 Å². The number of fused-ring (bicyclic) bond motifs is 12. The van der Waals surface area contributed by atoms with Crippen LogP contribution in [0, 0.1) is 0 Å². The van der Waals surface area contributed by atoms with E-state index in [0.717, 1.165) is 33.7 Å². The van der Waals surface area contributed by atoms with Crippen LogP contribution in [0.3, 0.4) is 0 Å². The van der Waals surface area contributed by atoms with Crippen molar-refractivity contribution in [1.29, 1.82) is 0 Å². The number of benzene rings is 8. The van der Waals surface area contributed by atoms with Gasteiger partial charge in [0.2, 0.25) is 0 Å². The molecule has 2 N–H and O–H groups in total. The van der Waals surface area contributed by atoms with E-state index >= 15 is 0 Å². The van der Waals surface area contributed by atoms with E-state index in [-0.39, 0.29) is 0 Å². The third kappa shape index (κ3) is 4.41. The van der Waals surface area contributed by atoms with Crippen LogP contribution < -0.4 is 5.73 Å². The summed E-state index contributed by atoms with van der Waals surface area (Å²) in [5.74, 6) is 0. The molecule has 0 atom stereocenters. The van der Waals surface area contributed by atoms with E-state index in [9.17, 15) is 0 Å². The number of nitrogens with two attached hydrogens (primary N) is 1. The van der Waals surface area contributed by atoms with Gasteiger partial charge in [-0.2, -0.15) is 0 Å². The molecule has 0 saturated heterocycles. The van der Waals surface area contributed by atoms with Gasteiger partial charge in [0.1, 0.15) is 0 Å². The van der Waals surface area contributed by atoms with Gasteiger partial charge in [-0.25, -0.2) is 4.99 Å². The number of nitrogens with zero attached hydrogens (tertiary/aromatic N) is 2. The van der Waals surface area contributed by atoms with Crippen LogP contribution in [0.25, 0.3) is 55.4 Å². The van der Waals surface area contributed by atoms with Crippen LogP contribution in [-0.4, -0.2) is 10.3 Å². The summed E-state index contributed by atoms with van der Waals surface area (Å²) < 4.78 is 2.48. The molecule has 0 saturated carbocycles. The van der Waals surface area contributed by atoms with E-state index in [0.29, 0.717) is 11.4 Å². The average Bonchev–Trinajstić information content (AvgIpc) is 3.74. The van der Waals surface area contributed by atoms with Crippen molar-refractivity contribution in [1.82, 2.24) is 4.57 Å². The smallest absolute Gasteiger partial charge is 0.0802 e. The van der Waals surface area contributed by atoms with E-state index in [1.54, 1.807) is 0 Å². The highest BCUT2D eigenvalue weighted by Gasteiger charge is 2.50. The van der Waals surface area contributed by atoms with E-state index in [1.807, 2.05) is 30.3 Å². The van der Waals surface area contributed by atoms with Gasteiger partial charge in [-0.3, -0.25) is 0 Å². The summed E-state index contributed by atoms with van der Waals surface area (Å²) in [5, 5.41) is 2.49. The van der Waals surface area contributed by atoms with Crippen molar-refractivity contribution in [3.63, 3.8) is 0 Å². The van der Waals surface area contributed by atoms with Gasteiger partial charge in [-0.15, -0.1) is 0 Å². The van der Waals surface area contributed by atoms with Crippen molar-refractivity contribution in [3.05, 3.63) is 234 Å². The minimum atomic E-state index is -0.500. The molecule has 3 heteroatoms. The fourth-order valence-corrected chi connectivity index (χ4v) is 9.39. The van der Waals surface area contributed by atoms with Crippen LogP contribution in [0.5, 0.6) is 0 Å². The maximum atomic E-state index is 6.64. The molecule has 55 heavy (non-hydrogen) atoms. The van der Waals surface area contributed by atoms with Crippen LogP contribution in [-0.2, 0) is 5.41 Å². The molecule has 0 unspecified atom stereocenters. The van der Waals surface area contributed by atoms with Crippen LogP contribution >= 0.6 is 0 Å². The third-order valence-corrected chi connectivity index (χ3v) is 11.8. The molecular weight excluding hydrogens is 667 g/mol. The summed E-state index contributed by atoms with van der Waals surface area (Å²) >= 11 is 0. The molecule has 3 nitrogen and oxygen atoms in total. The Bertz CT molecular complexity index is 3010. The number of rotatable bonds is 5. The minimum Gasteiger partial charge on any atom is -0.398 e. The van der Waals surface area contributed by atoms with Crippen molar-refractivity contribution in [2.45, 2.75) is 5.41 Å². The molecule has 1 spiro atoms. The van der Waals surface area contributed by atoms with Crippen molar-refractivity contribution >= 4 is 38.9 Å². The Hall–Kier alpha value is -7.23. The van der Waals surface area contributed by atoms with Gasteiger partial charge in [0.25, 0.3) is 0 Å². The highest BCUT2D eigenvalue weighted by Crippen LogP contribution is 2.61. The number of nitrogen functional groups attached to an aromatic ring is 1. The Morgan fingerprint density at radius 2 is 1.11 bits per heavy atom. The lowest BCUT2D eigenvalue weighted by molar-refractivity contribution is 0.748. The Morgan fingerprint density at radius 3 is 1.87 bits per heavy atom. The summed E-state index contributed by atoms with van der Waals surface area (Å²) in [6.07, 6.45) is 0. The molecule has 9 aromatic rings. The first-order chi connectivity index (χ1) is 27.1. The number of anilines is 1. The molecule has 0 radical (unpaired) electrons. The molecule has 2 heterocycles. The topological polar surface area (TPSA) is 43.3 Å². The molecule has 0 bridgehead atoms. The van der Waals surface area contributed by atoms with Gasteiger partial charge in [0.05, 0.1) is 33.5 Å². The largest absolute Gasteiger partial charge is 0.398 e. The monoisotopic (exact) mass is 701 g/mol. The van der Waals surface area contributed by atoms with E-state index < -0.39 is 5.41 Å². The van der Waals surface area contributed by atoms with Crippen LogP contribution in [0.1, 0.15) is 38.9 Å². The highest BCUT2D eigenvalue weighted by atomic mass is 15.0. The number of para-hydroxylation sites is 3. The first-order valence-electron chi connectivity index (χ1n) is 18.8. The minimum absolute atomic E-state index is 0.500. The summed E-state index contributed by atoms with van der Waals surface area (Å²) in [6, 6.07) is 67.3. The first-order valence-corrected chi connectivity index (χ1v) is 18.8. The quantitative estimate of drug-likeness (QED) is 0.141. The second kappa shape index (κ2) is 11.9. The summed E-state index contributed by atoms with van der Waals surface area (Å²) in [6.45, 7) is 4.63. The number of hydrogen-bond acceptors (Lipinski definition) is 2. The Morgan fingerprint density at radius 1 is 0.509 bits per heavy atom. The van der Waals surface area contributed by atoms with Crippen LogP contribution in [0.15, 0.2) is 200 Å². The molecule has 258 valence electrons. The maximum absolute atomic E-state index is 6.64. The fraction of sp³-hybridized carbons (Fsp3) is 0.0192. The van der Waals surface area contributed by atoms with Crippen molar-refractivity contribution < 1.29 is 0 Å². The lowest BCUT2D eigenvalue weighted by Gasteiger charge is -2.39. The highest BCUT2D eigenvalue weighted by molar-refractivity contribution is 6.17. The maximum Gasteiger partial charge on any atom is 0.0802 e. The van der Waals surface area contributed by atoms with Gasteiger partial charge < -0.3 is 10.3 Å². The summed E-state index contributed by atoms with van der Waals surface area (Å²) in [5.41, 5.74) is 24.7. The zero-order chi connectivity index (χ0) is 36.7. The molecule has 2 aliphatic rings. The number of hydrogen-bond donors (Lipinski definition) is 1. The number of aliphatic imine (C=N–C) groups is 1. The lowest BCUT2D eigenvalue weighted by atomic mass is 9.65. The molecule has 1 aliphatic heterocycles. The molecule has 0 amide bonds. The van der Waals surface area contributed by atoms with Crippen molar-refractivity contribution in [2.75, 3.05) is 5.73 Å². The Labute approximate surface area is 320 Å². The molecule has 1 aliphatic carbocycles. The van der Waals surface area contributed by atoms with Crippen molar-refractivity contribution in [3.8, 4) is 27.9 Å². The normalized spacial score (nSPS) is 13.5. The summed E-state index contributed by atoms with van der Waals surface area (Å²) in [4.78, 5) is 5.34. The van der Waals surface area contributed by atoms with E-state index in [1.165, 1.54) is 60.8 Å². The Kier molecular flexibility index (Phi) is 6.77. The Balaban J connectivity index is 1.15. The standard InChI is InChI=1S/C52H35N3/c1-33(54-50(42-19-7-11-24-47(42)53)36-28-26-35(27-29-36)34-14-3-2-4-15-34)37-30-31-45-49(32-37)55-48-25-12-8-18-40(48)41-20-13-23-46(51(41)55)52(45)43-21-9-5-16-38(43)39-17-6-10-22-44(39)52/h2-32H,1,53H2. The van der Waals surface area contributed by atoms with E-state index in [4.69, 9.17) is 10.7 Å². The molecule has 0 fully saturated rings. The molecule has 1 aromatic heterocycles. The molecular formula is C52H35N3. The second-order valence-corrected chi connectivity index (χ2v) is 14.6. The SMILES string of the molecule is C=C(N=C(c1ccc(-c2ccccc2)cc1)c1ccccc1N)c1ccc2c(c1)-n1c3ccccc3c3cccc(c31)C21c2ccccc2-c2ccccc21. The van der Waals surface area contributed by atoms with E-state index in [2.05, 4.69) is 169 Å². The van der Waals surface area contributed by atoms with Gasteiger partial charge >= 0.3 is 0 Å². The predicted octanol–water partition coefficient (Wildman–Crippen LogP) is 12.2. The van der Waals surface area contributed by atoms with Gasteiger partial charge in [-0.05, 0) is 62.7 Å². The lowest BCUT2D eigenvalue weighted by Crippen LogP contribution is -2.33. The van der Waals surface area contributed by atoms with Crippen LogP contribution in [0.2, 0.25) is 0 Å². The van der Waals surface area contributed by atoms with Gasteiger partial charge in [0.15, 0.2) is 0 Å². The molecule has 11 rings (SSSR count). The van der Waals surface area contributed by atoms with Gasteiger partial charge in [0, 0.05) is 33.2 Å². The average molecular weight is 702 g/mol. The fourth-order valence-electron chi connectivity index (χ4n) is 9.39. The molecule has 8 aromatic carbocycles. The third-order valence-electron chi connectivity index (χ3n) is 11.8. The first kappa shape index (κ1) is 31.3.